The van der Waals surface area contributed by atoms with Crippen LogP contribution in [-0.4, -0.2) is 69.4 Å². The van der Waals surface area contributed by atoms with Gasteiger partial charge in [0, 0.05) is 42.8 Å². The number of anilines is 1. The van der Waals surface area contributed by atoms with Crippen LogP contribution in [0.15, 0.2) is 42.5 Å². The average Bonchev–Trinajstić information content (AvgIpc) is 3.35. The Morgan fingerprint density at radius 3 is 2.62 bits per heavy atom. The number of hydrogen-bond acceptors (Lipinski definition) is 6. The molecule has 0 aromatic heterocycles. The number of carbonyl (C=O) groups excluding carboxylic acids is 2. The van der Waals surface area contributed by atoms with E-state index in [0.717, 1.165) is 16.7 Å². The fourth-order valence-electron chi connectivity index (χ4n) is 6.26. The van der Waals surface area contributed by atoms with Gasteiger partial charge in [-0.2, -0.15) is 0 Å². The minimum atomic E-state index is -3.41. The molecule has 5 rings (SSSR count). The normalized spacial score (nSPS) is 25.4. The molecule has 10 heteroatoms. The van der Waals surface area contributed by atoms with E-state index in [2.05, 4.69) is 0 Å². The second-order valence-electron chi connectivity index (χ2n) is 11.3. The van der Waals surface area contributed by atoms with Gasteiger partial charge in [0.25, 0.3) is 0 Å². The van der Waals surface area contributed by atoms with Crippen molar-refractivity contribution < 1.29 is 33.0 Å². The van der Waals surface area contributed by atoms with Crippen LogP contribution in [0, 0.1) is 5.92 Å². The van der Waals surface area contributed by atoms with Crippen LogP contribution in [-0.2, 0) is 27.2 Å². The molecular weight excluding hydrogens is 519 g/mol. The van der Waals surface area contributed by atoms with E-state index in [9.17, 15) is 14.7 Å². The number of aliphatic hydroxyl groups is 1. The Morgan fingerprint density at radius 1 is 1.23 bits per heavy atom. The minimum Gasteiger partial charge on any atom is -0.490 e. The SMILES string of the molecule is CO[C@H]1c2cc(N3CCOC3=O)ccc2O[C@@H](C(CC(=O)N2Cc3ccccc3C[C@H]2CO)[Si](C)(C)F)[C@@H]1C. The lowest BCUT2D eigenvalue weighted by Gasteiger charge is -2.44. The van der Waals surface area contributed by atoms with Gasteiger partial charge in [-0.1, -0.05) is 31.2 Å². The van der Waals surface area contributed by atoms with Crippen LogP contribution in [0.5, 0.6) is 5.75 Å². The molecule has 0 aliphatic carbocycles. The summed E-state index contributed by atoms with van der Waals surface area (Å²) in [5.41, 5.74) is 3.03. The highest BCUT2D eigenvalue weighted by molar-refractivity contribution is 6.72. The number of halogens is 1. The zero-order chi connectivity index (χ0) is 27.9. The van der Waals surface area contributed by atoms with Gasteiger partial charge in [-0.25, -0.2) is 4.79 Å². The third-order valence-corrected chi connectivity index (χ3v) is 10.7. The number of fused-ring (bicyclic) bond motifs is 2. The van der Waals surface area contributed by atoms with Gasteiger partial charge in [-0.05, 0) is 48.8 Å². The number of cyclic esters (lactones) is 1. The van der Waals surface area contributed by atoms with E-state index in [1.165, 1.54) is 0 Å². The Kier molecular flexibility index (Phi) is 7.72. The number of hydrogen-bond donors (Lipinski definition) is 1. The molecule has 1 saturated heterocycles. The molecule has 1 unspecified atom stereocenters. The van der Waals surface area contributed by atoms with Crippen molar-refractivity contribution in [2.45, 2.75) is 63.2 Å². The summed E-state index contributed by atoms with van der Waals surface area (Å²) < 4.78 is 33.5. The zero-order valence-corrected chi connectivity index (χ0v) is 23.9. The molecule has 210 valence electrons. The Bertz CT molecular complexity index is 1240. The summed E-state index contributed by atoms with van der Waals surface area (Å²) in [4.78, 5) is 29.1. The monoisotopic (exact) mass is 556 g/mol. The predicted octanol–water partition coefficient (Wildman–Crippen LogP) is 4.61. The molecule has 3 aliphatic heterocycles. The Hall–Kier alpha value is -2.95. The smallest absolute Gasteiger partial charge is 0.414 e. The standard InChI is InChI=1S/C29H37FN2O6Si/c1-18-27(36-2)23-14-21(31-11-12-37-29(31)35)9-10-24(23)38-28(18)25(39(3,4)30)15-26(34)32-16-20-8-6-5-7-19(20)13-22(32)17-33/h5-10,14,18,22,25,27-28,33H,11-13,15-17H2,1-4H3/t18-,22+,25?,27-,28-/m1/s1. The van der Waals surface area contributed by atoms with Gasteiger partial charge >= 0.3 is 6.09 Å². The fraction of sp³-hybridized carbons (Fsp3) is 0.517. The largest absolute Gasteiger partial charge is 0.490 e. The average molecular weight is 557 g/mol. The van der Waals surface area contributed by atoms with Crippen molar-refractivity contribution in [1.82, 2.24) is 4.90 Å². The summed E-state index contributed by atoms with van der Waals surface area (Å²) in [5.74, 6) is 0.140. The quantitative estimate of drug-likeness (QED) is 0.396. The summed E-state index contributed by atoms with van der Waals surface area (Å²) in [5, 5.41) is 10.1. The molecule has 2 amide bonds. The fourth-order valence-corrected chi connectivity index (χ4v) is 8.07. The summed E-state index contributed by atoms with van der Waals surface area (Å²) >= 11 is 0. The van der Waals surface area contributed by atoms with Crippen molar-refractivity contribution in [1.29, 1.82) is 0 Å². The minimum absolute atomic E-state index is 0.00708. The van der Waals surface area contributed by atoms with Crippen LogP contribution in [0.2, 0.25) is 18.6 Å². The second kappa shape index (κ2) is 10.9. The maximum Gasteiger partial charge on any atom is 0.414 e. The van der Waals surface area contributed by atoms with E-state index in [0.29, 0.717) is 37.6 Å². The maximum absolute atomic E-state index is 16.0. The number of aliphatic hydroxyl groups excluding tert-OH is 1. The van der Waals surface area contributed by atoms with Crippen molar-refractivity contribution in [2.24, 2.45) is 5.92 Å². The molecule has 5 atom stereocenters. The highest BCUT2D eigenvalue weighted by Gasteiger charge is 2.49. The lowest BCUT2D eigenvalue weighted by atomic mass is 9.86. The van der Waals surface area contributed by atoms with Crippen molar-refractivity contribution in [3.05, 3.63) is 59.2 Å². The molecule has 8 nitrogen and oxygen atoms in total. The third kappa shape index (κ3) is 5.29. The number of nitrogens with zero attached hydrogens (tertiary/aromatic N) is 2. The van der Waals surface area contributed by atoms with Crippen LogP contribution >= 0.6 is 0 Å². The van der Waals surface area contributed by atoms with Crippen molar-refractivity contribution >= 4 is 26.1 Å². The highest BCUT2D eigenvalue weighted by Crippen LogP contribution is 2.48. The van der Waals surface area contributed by atoms with Gasteiger partial charge in [0.2, 0.25) is 14.3 Å². The van der Waals surface area contributed by atoms with Crippen LogP contribution in [0.3, 0.4) is 0 Å². The van der Waals surface area contributed by atoms with Gasteiger partial charge in [-0.3, -0.25) is 9.69 Å². The van der Waals surface area contributed by atoms with E-state index in [1.54, 1.807) is 42.1 Å². The van der Waals surface area contributed by atoms with E-state index in [-0.39, 0.29) is 30.9 Å². The van der Waals surface area contributed by atoms with E-state index in [1.807, 2.05) is 37.3 Å². The summed E-state index contributed by atoms with van der Waals surface area (Å²) in [6.45, 7) is 6.26. The van der Waals surface area contributed by atoms with Crippen molar-refractivity contribution in [2.75, 3.05) is 31.8 Å². The Morgan fingerprint density at radius 2 is 1.97 bits per heavy atom. The first-order chi connectivity index (χ1) is 18.6. The molecule has 1 fully saturated rings. The van der Waals surface area contributed by atoms with Crippen LogP contribution in [0.25, 0.3) is 0 Å². The van der Waals surface area contributed by atoms with E-state index >= 15 is 4.11 Å². The Labute approximate surface area is 229 Å². The van der Waals surface area contributed by atoms with Gasteiger partial charge in [-0.15, -0.1) is 0 Å². The van der Waals surface area contributed by atoms with E-state index in [4.69, 9.17) is 14.2 Å². The van der Waals surface area contributed by atoms with Crippen molar-refractivity contribution in [3.8, 4) is 5.75 Å². The van der Waals surface area contributed by atoms with Crippen molar-refractivity contribution in [3.63, 3.8) is 0 Å². The zero-order valence-electron chi connectivity index (χ0n) is 22.9. The number of benzene rings is 2. The molecule has 0 radical (unpaired) electrons. The van der Waals surface area contributed by atoms with Gasteiger partial charge < -0.3 is 28.3 Å². The number of rotatable bonds is 7. The van der Waals surface area contributed by atoms with E-state index < -0.39 is 32.3 Å². The molecule has 2 aromatic carbocycles. The van der Waals surface area contributed by atoms with Crippen LogP contribution in [0.4, 0.5) is 14.6 Å². The molecule has 0 spiro atoms. The van der Waals surface area contributed by atoms with Crippen LogP contribution < -0.4 is 9.64 Å². The predicted molar refractivity (Wildman–Crippen MR) is 147 cm³/mol. The molecule has 2 aromatic rings. The molecule has 0 saturated carbocycles. The molecule has 39 heavy (non-hydrogen) atoms. The second-order valence-corrected chi connectivity index (χ2v) is 15.2. The number of ether oxygens (including phenoxy) is 3. The maximum atomic E-state index is 16.0. The molecule has 0 bridgehead atoms. The van der Waals surface area contributed by atoms with Gasteiger partial charge in [0.15, 0.2) is 0 Å². The third-order valence-electron chi connectivity index (χ3n) is 8.44. The first-order valence-corrected chi connectivity index (χ1v) is 16.5. The Balaban J connectivity index is 1.41. The van der Waals surface area contributed by atoms with Gasteiger partial charge in [0.05, 0.1) is 25.3 Å². The molecular formula is C29H37FN2O6Si. The number of carbonyl (C=O) groups is 2. The summed E-state index contributed by atoms with van der Waals surface area (Å²) in [7, 11) is -1.80. The summed E-state index contributed by atoms with van der Waals surface area (Å²) in [6.07, 6.45) is -0.810. The lowest BCUT2D eigenvalue weighted by molar-refractivity contribution is -0.136. The highest BCUT2D eigenvalue weighted by atomic mass is 28.4. The van der Waals surface area contributed by atoms with Gasteiger partial charge in [0.1, 0.15) is 18.5 Å². The lowest BCUT2D eigenvalue weighted by Crippen LogP contribution is -2.50. The topological polar surface area (TPSA) is 88.5 Å². The summed E-state index contributed by atoms with van der Waals surface area (Å²) in [6, 6.07) is 13.0. The molecule has 3 heterocycles. The van der Waals surface area contributed by atoms with Crippen LogP contribution in [0.1, 0.15) is 36.1 Å². The number of methoxy groups -OCH3 is 1. The number of amides is 2. The first-order valence-electron chi connectivity index (χ1n) is 13.6. The molecule has 1 N–H and O–H groups in total. The molecule has 3 aliphatic rings. The first kappa shape index (κ1) is 27.6.